The summed E-state index contributed by atoms with van der Waals surface area (Å²) in [6.45, 7) is 3.92. The average molecular weight is 436 g/mol. The quantitative estimate of drug-likeness (QED) is 0.197. The summed E-state index contributed by atoms with van der Waals surface area (Å²) in [4.78, 5) is 0. The summed E-state index contributed by atoms with van der Waals surface area (Å²) in [5.74, 6) is 1.79. The lowest BCUT2D eigenvalue weighted by Crippen LogP contribution is -2.29. The Kier molecular flexibility index (Phi) is 5.27. The zero-order chi connectivity index (χ0) is 22.2. The molecular weight excluding hydrogens is 406 g/mol. The Morgan fingerprint density at radius 1 is 0.879 bits per heavy atom. The number of rotatable bonds is 6. The third kappa shape index (κ3) is 3.57. The number of hydrogen-bond donors (Lipinski definition) is 1. The summed E-state index contributed by atoms with van der Waals surface area (Å²) < 4.78 is 11.4. The van der Waals surface area contributed by atoms with Gasteiger partial charge in [0.15, 0.2) is 0 Å². The van der Waals surface area contributed by atoms with Crippen LogP contribution in [0.2, 0.25) is 0 Å². The predicted molar refractivity (Wildman–Crippen MR) is 136 cm³/mol. The Hall–Kier alpha value is -3.30. The minimum atomic E-state index is 0.248. The van der Waals surface area contributed by atoms with Gasteiger partial charge in [-0.05, 0) is 76.2 Å². The van der Waals surface area contributed by atoms with Gasteiger partial charge in [-0.25, -0.2) is 0 Å². The molecule has 1 aliphatic carbocycles. The van der Waals surface area contributed by atoms with Crippen LogP contribution in [0.25, 0.3) is 21.5 Å². The van der Waals surface area contributed by atoms with Crippen molar-refractivity contribution in [3.8, 4) is 5.75 Å². The molecule has 1 heterocycles. The highest BCUT2D eigenvalue weighted by molar-refractivity contribution is 6.03. The standard InChI is InChI=1S/C30H29NO2/c1-2-32-16-17-33-22-14-15-28-27(19-22)25-12-7-13-26(25)30(31-28)29-23-10-5-3-8-20(23)18-21-9-4-6-11-24(21)29/h3-12,14-15,18-19,25-26,30-31H,2,13,16-17H2,1H3. The van der Waals surface area contributed by atoms with Gasteiger partial charge in [0, 0.05) is 18.2 Å². The highest BCUT2D eigenvalue weighted by atomic mass is 16.5. The molecule has 0 saturated heterocycles. The monoisotopic (exact) mass is 435 g/mol. The Labute approximate surface area is 195 Å². The smallest absolute Gasteiger partial charge is 0.119 e. The van der Waals surface area contributed by atoms with E-state index in [1.54, 1.807) is 0 Å². The van der Waals surface area contributed by atoms with Gasteiger partial charge in [-0.1, -0.05) is 60.7 Å². The predicted octanol–water partition coefficient (Wildman–Crippen LogP) is 7.23. The minimum Gasteiger partial charge on any atom is -0.491 e. The van der Waals surface area contributed by atoms with E-state index < -0.39 is 0 Å². The molecule has 33 heavy (non-hydrogen) atoms. The van der Waals surface area contributed by atoms with Crippen LogP contribution in [0.1, 0.15) is 36.4 Å². The maximum Gasteiger partial charge on any atom is 0.119 e. The van der Waals surface area contributed by atoms with Crippen LogP contribution >= 0.6 is 0 Å². The maximum absolute atomic E-state index is 5.97. The number of benzene rings is 4. The number of anilines is 1. The van der Waals surface area contributed by atoms with E-state index in [0.717, 1.165) is 18.8 Å². The van der Waals surface area contributed by atoms with Crippen LogP contribution in [0.3, 0.4) is 0 Å². The van der Waals surface area contributed by atoms with Crippen molar-refractivity contribution in [2.24, 2.45) is 5.92 Å². The highest BCUT2D eigenvalue weighted by Crippen LogP contribution is 2.52. The largest absolute Gasteiger partial charge is 0.491 e. The Morgan fingerprint density at radius 2 is 1.64 bits per heavy atom. The first kappa shape index (κ1) is 20.3. The molecule has 3 nitrogen and oxygen atoms in total. The second-order valence-corrected chi connectivity index (χ2v) is 9.00. The topological polar surface area (TPSA) is 30.5 Å². The van der Waals surface area contributed by atoms with Crippen LogP contribution in [0.15, 0.2) is 84.9 Å². The lowest BCUT2D eigenvalue weighted by atomic mass is 9.75. The highest BCUT2D eigenvalue weighted by Gasteiger charge is 2.39. The van der Waals surface area contributed by atoms with Gasteiger partial charge < -0.3 is 14.8 Å². The maximum atomic E-state index is 5.97. The summed E-state index contributed by atoms with van der Waals surface area (Å²) in [5, 5.41) is 9.25. The number of hydrogen-bond acceptors (Lipinski definition) is 3. The zero-order valence-electron chi connectivity index (χ0n) is 19.0. The van der Waals surface area contributed by atoms with Gasteiger partial charge in [0.25, 0.3) is 0 Å². The fourth-order valence-electron chi connectivity index (χ4n) is 5.69. The third-order valence-corrected chi connectivity index (χ3v) is 7.16. The van der Waals surface area contributed by atoms with E-state index in [0.29, 0.717) is 25.0 Å². The molecule has 4 aromatic rings. The van der Waals surface area contributed by atoms with Crippen molar-refractivity contribution in [3.05, 3.63) is 96.1 Å². The normalized spacial score (nSPS) is 21.1. The minimum absolute atomic E-state index is 0.248. The van der Waals surface area contributed by atoms with Crippen molar-refractivity contribution in [1.82, 2.24) is 0 Å². The van der Waals surface area contributed by atoms with Gasteiger partial charge in [-0.3, -0.25) is 0 Å². The van der Waals surface area contributed by atoms with Crippen molar-refractivity contribution in [2.75, 3.05) is 25.1 Å². The van der Waals surface area contributed by atoms with Crippen LogP contribution in [0, 0.1) is 5.92 Å². The molecule has 0 aromatic heterocycles. The second kappa shape index (κ2) is 8.57. The van der Waals surface area contributed by atoms with Crippen molar-refractivity contribution >= 4 is 27.2 Å². The molecule has 0 bridgehead atoms. The zero-order valence-corrected chi connectivity index (χ0v) is 19.0. The van der Waals surface area contributed by atoms with Gasteiger partial charge in [-0.2, -0.15) is 0 Å². The number of allylic oxidation sites excluding steroid dienone is 2. The molecule has 3 atom stereocenters. The third-order valence-electron chi connectivity index (χ3n) is 7.16. The van der Waals surface area contributed by atoms with Crippen LogP contribution < -0.4 is 10.1 Å². The molecule has 0 saturated carbocycles. The number of fused-ring (bicyclic) bond motifs is 5. The molecule has 3 heteroatoms. The van der Waals surface area contributed by atoms with E-state index >= 15 is 0 Å². The lowest BCUT2D eigenvalue weighted by Gasteiger charge is -2.38. The van der Waals surface area contributed by atoms with Crippen LogP contribution in [-0.4, -0.2) is 19.8 Å². The van der Waals surface area contributed by atoms with E-state index in [2.05, 4.69) is 90.3 Å². The summed E-state index contributed by atoms with van der Waals surface area (Å²) in [6, 6.07) is 26.7. The molecule has 2 aliphatic rings. The van der Waals surface area contributed by atoms with Gasteiger partial charge >= 0.3 is 0 Å². The molecule has 1 aliphatic heterocycles. The first-order chi connectivity index (χ1) is 16.3. The SMILES string of the molecule is CCOCCOc1ccc2c(c1)C1C=CCC1C(c1c3ccccc3cc3ccccc13)N2. The Morgan fingerprint density at radius 3 is 2.39 bits per heavy atom. The van der Waals surface area contributed by atoms with Crippen LogP contribution in [-0.2, 0) is 4.74 Å². The van der Waals surface area contributed by atoms with E-state index in [4.69, 9.17) is 9.47 Å². The molecule has 0 spiro atoms. The lowest BCUT2D eigenvalue weighted by molar-refractivity contribution is 0.110. The molecule has 4 aromatic carbocycles. The van der Waals surface area contributed by atoms with Crippen molar-refractivity contribution < 1.29 is 9.47 Å². The van der Waals surface area contributed by atoms with Crippen LogP contribution in [0.4, 0.5) is 5.69 Å². The summed E-state index contributed by atoms with van der Waals surface area (Å²) in [5.41, 5.74) is 3.97. The van der Waals surface area contributed by atoms with E-state index in [9.17, 15) is 0 Å². The van der Waals surface area contributed by atoms with Gasteiger partial charge in [0.2, 0.25) is 0 Å². The fraction of sp³-hybridized carbons (Fsp3) is 0.267. The van der Waals surface area contributed by atoms with E-state index in [1.807, 2.05) is 6.92 Å². The van der Waals surface area contributed by atoms with Crippen molar-refractivity contribution in [2.45, 2.75) is 25.3 Å². The molecule has 0 amide bonds. The van der Waals surface area contributed by atoms with Gasteiger partial charge in [0.05, 0.1) is 12.6 Å². The first-order valence-electron chi connectivity index (χ1n) is 12.0. The average Bonchev–Trinajstić information content (AvgIpc) is 3.35. The van der Waals surface area contributed by atoms with E-state index in [-0.39, 0.29) is 6.04 Å². The fourth-order valence-corrected chi connectivity index (χ4v) is 5.69. The van der Waals surface area contributed by atoms with Gasteiger partial charge in [-0.15, -0.1) is 0 Å². The molecule has 1 N–H and O–H groups in total. The second-order valence-electron chi connectivity index (χ2n) is 9.00. The molecule has 166 valence electrons. The number of ether oxygens (including phenoxy) is 2. The van der Waals surface area contributed by atoms with Crippen LogP contribution in [0.5, 0.6) is 5.75 Å². The van der Waals surface area contributed by atoms with Gasteiger partial charge in [0.1, 0.15) is 12.4 Å². The molecule has 6 rings (SSSR count). The molecular formula is C30H29NO2. The molecule has 3 unspecified atom stereocenters. The summed E-state index contributed by atoms with van der Waals surface area (Å²) in [6.07, 6.45) is 5.83. The Balaban J connectivity index is 1.43. The van der Waals surface area contributed by atoms with Crippen molar-refractivity contribution in [1.29, 1.82) is 0 Å². The Bertz CT molecular complexity index is 1290. The summed E-state index contributed by atoms with van der Waals surface area (Å²) in [7, 11) is 0. The summed E-state index contributed by atoms with van der Waals surface area (Å²) >= 11 is 0. The number of nitrogens with one attached hydrogen (secondary N) is 1. The van der Waals surface area contributed by atoms with E-state index in [1.165, 1.54) is 38.4 Å². The first-order valence-corrected chi connectivity index (χ1v) is 12.0. The molecule has 0 fully saturated rings. The van der Waals surface area contributed by atoms with Crippen molar-refractivity contribution in [3.63, 3.8) is 0 Å². The molecule has 0 radical (unpaired) electrons.